The molecule has 1 amide bonds. The van der Waals surface area contributed by atoms with Crippen molar-refractivity contribution in [3.8, 4) is 0 Å². The molecule has 0 saturated heterocycles. The summed E-state index contributed by atoms with van der Waals surface area (Å²) < 4.78 is 37.6. The monoisotopic (exact) mass is 344 g/mol. The standard InChI is InChI=1S/C13H8BrF3N2O/c14-11-10(2-1-7-18-11)12(20)19-9-5-3-8(4-6-9)13(15,16)17/h1-7H,(H,19,20). The molecule has 0 fully saturated rings. The molecule has 3 nitrogen and oxygen atoms in total. The third kappa shape index (κ3) is 3.36. The van der Waals surface area contributed by atoms with Crippen LogP contribution >= 0.6 is 15.9 Å². The number of benzene rings is 1. The van der Waals surface area contributed by atoms with Crippen LogP contribution in [0.3, 0.4) is 0 Å². The van der Waals surface area contributed by atoms with Crippen molar-refractivity contribution in [1.29, 1.82) is 0 Å². The van der Waals surface area contributed by atoms with Crippen molar-refractivity contribution in [3.05, 3.63) is 58.3 Å². The first-order chi connectivity index (χ1) is 9.38. The van der Waals surface area contributed by atoms with Crippen LogP contribution < -0.4 is 5.32 Å². The molecule has 0 bridgehead atoms. The van der Waals surface area contributed by atoms with Crippen LogP contribution in [0.25, 0.3) is 0 Å². The van der Waals surface area contributed by atoms with Crippen molar-refractivity contribution >= 4 is 27.5 Å². The van der Waals surface area contributed by atoms with E-state index in [2.05, 4.69) is 26.2 Å². The highest BCUT2D eigenvalue weighted by atomic mass is 79.9. The number of rotatable bonds is 2. The fourth-order valence-electron chi connectivity index (χ4n) is 1.50. The third-order valence-electron chi connectivity index (χ3n) is 2.47. The van der Waals surface area contributed by atoms with Crippen molar-refractivity contribution in [2.45, 2.75) is 6.18 Å². The van der Waals surface area contributed by atoms with Gasteiger partial charge >= 0.3 is 6.18 Å². The number of aromatic nitrogens is 1. The topological polar surface area (TPSA) is 42.0 Å². The Hall–Kier alpha value is -1.89. The van der Waals surface area contributed by atoms with Gasteiger partial charge < -0.3 is 5.32 Å². The van der Waals surface area contributed by atoms with E-state index in [1.54, 1.807) is 12.1 Å². The van der Waals surface area contributed by atoms with Crippen LogP contribution in [0.2, 0.25) is 0 Å². The molecule has 2 aromatic rings. The van der Waals surface area contributed by atoms with Crippen LogP contribution in [-0.2, 0) is 6.18 Å². The second kappa shape index (κ2) is 5.62. The fourth-order valence-corrected chi connectivity index (χ4v) is 1.93. The molecule has 0 aliphatic rings. The number of alkyl halides is 3. The van der Waals surface area contributed by atoms with Crippen LogP contribution in [0.5, 0.6) is 0 Å². The molecule has 20 heavy (non-hydrogen) atoms. The normalized spacial score (nSPS) is 11.2. The van der Waals surface area contributed by atoms with Gasteiger partial charge in [-0.3, -0.25) is 4.79 Å². The van der Waals surface area contributed by atoms with Gasteiger partial charge in [-0.2, -0.15) is 13.2 Å². The van der Waals surface area contributed by atoms with Gasteiger partial charge in [0.05, 0.1) is 11.1 Å². The van der Waals surface area contributed by atoms with Crippen LogP contribution in [-0.4, -0.2) is 10.9 Å². The van der Waals surface area contributed by atoms with Crippen LogP contribution in [0, 0.1) is 0 Å². The van der Waals surface area contributed by atoms with Gasteiger partial charge in [-0.15, -0.1) is 0 Å². The Labute approximate surface area is 121 Å². The Balaban J connectivity index is 2.15. The zero-order chi connectivity index (χ0) is 14.8. The summed E-state index contributed by atoms with van der Waals surface area (Å²) in [6, 6.07) is 7.36. The van der Waals surface area contributed by atoms with Gasteiger partial charge in [0.25, 0.3) is 5.91 Å². The molecular weight excluding hydrogens is 337 g/mol. The highest BCUT2D eigenvalue weighted by Gasteiger charge is 2.30. The minimum absolute atomic E-state index is 0.277. The summed E-state index contributed by atoms with van der Waals surface area (Å²) in [5, 5.41) is 2.50. The lowest BCUT2D eigenvalue weighted by atomic mass is 10.2. The molecule has 0 aliphatic carbocycles. The van der Waals surface area contributed by atoms with E-state index in [4.69, 9.17) is 0 Å². The number of carbonyl (C=O) groups excluding carboxylic acids is 1. The van der Waals surface area contributed by atoms with Crippen molar-refractivity contribution in [3.63, 3.8) is 0 Å². The molecular formula is C13H8BrF3N2O. The molecule has 0 spiro atoms. The van der Waals surface area contributed by atoms with E-state index in [0.29, 0.717) is 10.2 Å². The molecule has 7 heteroatoms. The van der Waals surface area contributed by atoms with E-state index in [1.165, 1.54) is 18.3 Å². The Morgan fingerprint density at radius 2 is 1.80 bits per heavy atom. The minimum Gasteiger partial charge on any atom is -0.322 e. The molecule has 1 heterocycles. The first-order valence-electron chi connectivity index (χ1n) is 5.47. The maximum absolute atomic E-state index is 12.4. The van der Waals surface area contributed by atoms with E-state index < -0.39 is 17.6 Å². The zero-order valence-corrected chi connectivity index (χ0v) is 11.5. The molecule has 2 rings (SSSR count). The van der Waals surface area contributed by atoms with E-state index in [0.717, 1.165) is 12.1 Å². The summed E-state index contributed by atoms with van der Waals surface area (Å²) >= 11 is 3.13. The molecule has 0 atom stereocenters. The number of nitrogens with zero attached hydrogens (tertiary/aromatic N) is 1. The summed E-state index contributed by atoms with van der Waals surface area (Å²) in [5.74, 6) is -0.454. The van der Waals surface area contributed by atoms with E-state index >= 15 is 0 Å². The van der Waals surface area contributed by atoms with Crippen LogP contribution in [0.1, 0.15) is 15.9 Å². The third-order valence-corrected chi connectivity index (χ3v) is 3.11. The maximum Gasteiger partial charge on any atom is 0.416 e. The van der Waals surface area contributed by atoms with E-state index in [9.17, 15) is 18.0 Å². The number of hydrogen-bond donors (Lipinski definition) is 1. The summed E-state index contributed by atoms with van der Waals surface area (Å²) in [6.07, 6.45) is -2.88. The molecule has 1 N–H and O–H groups in total. The molecule has 0 saturated carbocycles. The number of carbonyl (C=O) groups is 1. The first-order valence-corrected chi connectivity index (χ1v) is 6.26. The zero-order valence-electron chi connectivity index (χ0n) is 9.91. The second-order valence-electron chi connectivity index (χ2n) is 3.87. The average Bonchev–Trinajstić information content (AvgIpc) is 2.38. The lowest BCUT2D eigenvalue weighted by molar-refractivity contribution is -0.137. The average molecular weight is 345 g/mol. The molecule has 0 radical (unpaired) electrons. The predicted molar refractivity (Wildman–Crippen MR) is 71.3 cm³/mol. The van der Waals surface area contributed by atoms with Crippen LogP contribution in [0.15, 0.2) is 47.2 Å². The summed E-state index contributed by atoms with van der Waals surface area (Å²) in [4.78, 5) is 15.8. The molecule has 1 aromatic heterocycles. The van der Waals surface area contributed by atoms with Crippen molar-refractivity contribution in [1.82, 2.24) is 4.98 Å². The Morgan fingerprint density at radius 1 is 1.15 bits per heavy atom. The van der Waals surface area contributed by atoms with Crippen molar-refractivity contribution in [2.24, 2.45) is 0 Å². The van der Waals surface area contributed by atoms with Gasteiger partial charge in [0.15, 0.2) is 0 Å². The van der Waals surface area contributed by atoms with Gasteiger partial charge in [-0.1, -0.05) is 0 Å². The van der Waals surface area contributed by atoms with Crippen molar-refractivity contribution in [2.75, 3.05) is 5.32 Å². The number of amides is 1. The summed E-state index contributed by atoms with van der Waals surface area (Å²) in [5.41, 5.74) is -0.191. The van der Waals surface area contributed by atoms with Gasteiger partial charge in [-0.25, -0.2) is 4.98 Å². The van der Waals surface area contributed by atoms with Gasteiger partial charge in [-0.05, 0) is 52.3 Å². The summed E-state index contributed by atoms with van der Waals surface area (Å²) in [7, 11) is 0. The second-order valence-corrected chi connectivity index (χ2v) is 4.62. The molecule has 1 aromatic carbocycles. The summed E-state index contributed by atoms with van der Waals surface area (Å²) in [6.45, 7) is 0. The number of hydrogen-bond acceptors (Lipinski definition) is 2. The van der Waals surface area contributed by atoms with Crippen LogP contribution in [0.4, 0.5) is 18.9 Å². The Morgan fingerprint density at radius 3 is 2.35 bits per heavy atom. The SMILES string of the molecule is O=C(Nc1ccc(C(F)(F)F)cc1)c1cccnc1Br. The number of halogens is 4. The van der Waals surface area contributed by atoms with E-state index in [1.807, 2.05) is 0 Å². The highest BCUT2D eigenvalue weighted by molar-refractivity contribution is 9.10. The Kier molecular flexibility index (Phi) is 4.08. The molecule has 104 valence electrons. The molecule has 0 unspecified atom stereocenters. The van der Waals surface area contributed by atoms with E-state index in [-0.39, 0.29) is 5.69 Å². The first kappa shape index (κ1) is 14.5. The maximum atomic E-state index is 12.4. The molecule has 0 aliphatic heterocycles. The quantitative estimate of drug-likeness (QED) is 0.833. The van der Waals surface area contributed by atoms with Gasteiger partial charge in [0, 0.05) is 11.9 Å². The smallest absolute Gasteiger partial charge is 0.322 e. The lowest BCUT2D eigenvalue weighted by Crippen LogP contribution is -2.13. The van der Waals surface area contributed by atoms with Gasteiger partial charge in [0.1, 0.15) is 4.60 Å². The van der Waals surface area contributed by atoms with Gasteiger partial charge in [0.2, 0.25) is 0 Å². The Bertz CT molecular complexity index is 626. The largest absolute Gasteiger partial charge is 0.416 e. The predicted octanol–water partition coefficient (Wildman–Crippen LogP) is 4.12. The fraction of sp³-hybridized carbons (Fsp3) is 0.0769. The highest BCUT2D eigenvalue weighted by Crippen LogP contribution is 2.29. The number of nitrogens with one attached hydrogen (secondary N) is 1. The number of anilines is 1. The number of pyridine rings is 1. The van der Waals surface area contributed by atoms with Crippen molar-refractivity contribution < 1.29 is 18.0 Å². The minimum atomic E-state index is -4.39. The lowest BCUT2D eigenvalue weighted by Gasteiger charge is -2.09.